The molecule has 0 fully saturated rings. The van der Waals surface area contributed by atoms with Crippen molar-refractivity contribution in [1.29, 1.82) is 0 Å². The minimum Gasteiger partial charge on any atom is -0.435 e. The Bertz CT molecular complexity index is 822. The highest BCUT2D eigenvalue weighted by Gasteiger charge is 2.24. The fourth-order valence-corrected chi connectivity index (χ4v) is 4.66. The molecule has 23 heavy (non-hydrogen) atoms. The number of carbonyl (C=O) groups excluding carboxylic acids is 1. The Balaban J connectivity index is 2.16. The van der Waals surface area contributed by atoms with Gasteiger partial charge in [-0.2, -0.15) is 8.78 Å². The first-order valence-corrected chi connectivity index (χ1v) is 8.81. The predicted molar refractivity (Wildman–Crippen MR) is 82.1 cm³/mol. The molecule has 5 nitrogen and oxygen atoms in total. The van der Waals surface area contributed by atoms with Crippen LogP contribution in [0.3, 0.4) is 0 Å². The van der Waals surface area contributed by atoms with E-state index < -0.39 is 22.5 Å². The number of rotatable bonds is 5. The molecule has 1 N–H and O–H groups in total. The highest BCUT2D eigenvalue weighted by Crippen LogP contribution is 2.34. The molecule has 1 aromatic heterocycles. The summed E-state index contributed by atoms with van der Waals surface area (Å²) in [5.74, 6) is -1.11. The summed E-state index contributed by atoms with van der Waals surface area (Å²) >= 11 is 12.2. The average molecular weight is 402 g/mol. The average Bonchev–Trinajstić information content (AvgIpc) is 2.78. The van der Waals surface area contributed by atoms with Gasteiger partial charge in [0.05, 0.1) is 4.34 Å². The van der Waals surface area contributed by atoms with Gasteiger partial charge in [-0.1, -0.05) is 23.2 Å². The Morgan fingerprint density at radius 3 is 2.30 bits per heavy atom. The molecule has 0 atom stereocenters. The molecule has 0 bridgehead atoms. The van der Waals surface area contributed by atoms with E-state index in [0.717, 1.165) is 41.7 Å². The van der Waals surface area contributed by atoms with Crippen LogP contribution in [0.4, 0.5) is 8.78 Å². The summed E-state index contributed by atoms with van der Waals surface area (Å²) in [4.78, 5) is 11.6. The summed E-state index contributed by atoms with van der Waals surface area (Å²) in [7, 11) is -4.20. The third-order valence-corrected chi connectivity index (χ3v) is 5.57. The SMILES string of the molecule is O=C(NS(=O)(=O)c1cc(Cl)sc1Cl)c1ccc(OC(F)F)cc1. The van der Waals surface area contributed by atoms with Crippen LogP contribution in [0.5, 0.6) is 5.75 Å². The number of alkyl halides is 2. The lowest BCUT2D eigenvalue weighted by molar-refractivity contribution is -0.0498. The summed E-state index contributed by atoms with van der Waals surface area (Å²) in [6.07, 6.45) is 0. The van der Waals surface area contributed by atoms with Crippen molar-refractivity contribution in [1.82, 2.24) is 4.72 Å². The highest BCUT2D eigenvalue weighted by atomic mass is 35.5. The summed E-state index contributed by atoms with van der Waals surface area (Å²) < 4.78 is 54.2. The molecule has 0 radical (unpaired) electrons. The lowest BCUT2D eigenvalue weighted by Crippen LogP contribution is -2.30. The molecule has 0 unspecified atom stereocenters. The van der Waals surface area contributed by atoms with Crippen molar-refractivity contribution < 1.29 is 26.7 Å². The van der Waals surface area contributed by atoms with Gasteiger partial charge in [-0.05, 0) is 30.3 Å². The van der Waals surface area contributed by atoms with E-state index in [1.165, 1.54) is 0 Å². The van der Waals surface area contributed by atoms with Gasteiger partial charge >= 0.3 is 6.61 Å². The van der Waals surface area contributed by atoms with Crippen LogP contribution >= 0.6 is 34.5 Å². The zero-order valence-corrected chi connectivity index (χ0v) is 14.1. The third kappa shape index (κ3) is 4.54. The molecule has 0 aliphatic rings. The molecule has 2 rings (SSSR count). The largest absolute Gasteiger partial charge is 0.435 e. The highest BCUT2D eigenvalue weighted by molar-refractivity contribution is 7.90. The van der Waals surface area contributed by atoms with Crippen molar-refractivity contribution in [3.8, 4) is 5.75 Å². The molecule has 1 aromatic carbocycles. The lowest BCUT2D eigenvalue weighted by Gasteiger charge is -2.07. The summed E-state index contributed by atoms with van der Waals surface area (Å²) in [5.41, 5.74) is -0.0624. The van der Waals surface area contributed by atoms with Crippen molar-refractivity contribution >= 4 is 50.5 Å². The number of amides is 1. The Kier molecular flexibility index (Phi) is 5.45. The standard InChI is InChI=1S/C12H7Cl2F2NO4S2/c13-9-5-8(10(14)22-9)23(19,20)17-11(18)6-1-3-7(4-2-6)21-12(15)16/h1-5,12H,(H,17,18). The molecule has 1 heterocycles. The first-order valence-electron chi connectivity index (χ1n) is 5.76. The van der Waals surface area contributed by atoms with E-state index in [1.54, 1.807) is 0 Å². The quantitative estimate of drug-likeness (QED) is 0.827. The third-order valence-electron chi connectivity index (χ3n) is 2.48. The fraction of sp³-hybridized carbons (Fsp3) is 0.0833. The number of hydrogen-bond donors (Lipinski definition) is 1. The molecule has 0 saturated heterocycles. The minimum absolute atomic E-state index is 0.0624. The number of hydrogen-bond acceptors (Lipinski definition) is 5. The van der Waals surface area contributed by atoms with Crippen LogP contribution in [0.25, 0.3) is 0 Å². The predicted octanol–water partition coefficient (Wildman–Crippen LogP) is 3.78. The second-order valence-corrected chi connectivity index (χ2v) is 7.96. The van der Waals surface area contributed by atoms with Gasteiger partial charge in [0.1, 0.15) is 15.0 Å². The molecule has 0 spiro atoms. The van der Waals surface area contributed by atoms with Gasteiger partial charge in [-0.25, -0.2) is 13.1 Å². The summed E-state index contributed by atoms with van der Waals surface area (Å²) in [6.45, 7) is -3.00. The number of thiophene rings is 1. The molecule has 0 aliphatic heterocycles. The molecule has 1 amide bonds. The van der Waals surface area contributed by atoms with Crippen LogP contribution in [-0.4, -0.2) is 20.9 Å². The van der Waals surface area contributed by atoms with Crippen molar-refractivity contribution in [2.24, 2.45) is 0 Å². The van der Waals surface area contributed by atoms with E-state index in [0.29, 0.717) is 0 Å². The van der Waals surface area contributed by atoms with Crippen LogP contribution in [-0.2, 0) is 10.0 Å². The van der Waals surface area contributed by atoms with E-state index >= 15 is 0 Å². The van der Waals surface area contributed by atoms with E-state index in [1.807, 2.05) is 4.72 Å². The van der Waals surface area contributed by atoms with Crippen molar-refractivity contribution in [3.63, 3.8) is 0 Å². The van der Waals surface area contributed by atoms with Gasteiger partial charge in [0.25, 0.3) is 15.9 Å². The molecule has 11 heteroatoms. The molecule has 124 valence electrons. The molecular formula is C12H7Cl2F2NO4S2. The minimum atomic E-state index is -4.20. The van der Waals surface area contributed by atoms with Crippen molar-refractivity contribution in [3.05, 3.63) is 44.6 Å². The maximum atomic E-state index is 12.1. The topological polar surface area (TPSA) is 72.5 Å². The summed E-state index contributed by atoms with van der Waals surface area (Å²) in [5, 5.41) is 0. The second-order valence-electron chi connectivity index (χ2n) is 4.03. The number of halogens is 4. The van der Waals surface area contributed by atoms with Crippen LogP contribution in [0.15, 0.2) is 35.2 Å². The molecule has 2 aromatic rings. The monoisotopic (exact) mass is 401 g/mol. The summed E-state index contributed by atoms with van der Waals surface area (Å²) in [6, 6.07) is 5.63. The number of sulfonamides is 1. The van der Waals surface area contributed by atoms with Crippen LogP contribution in [0.2, 0.25) is 8.67 Å². The van der Waals surface area contributed by atoms with Gasteiger partial charge in [0, 0.05) is 5.56 Å². The van der Waals surface area contributed by atoms with Gasteiger partial charge in [-0.3, -0.25) is 4.79 Å². The fourth-order valence-electron chi connectivity index (χ4n) is 1.53. The number of ether oxygens (including phenoxy) is 1. The first kappa shape index (κ1) is 17.9. The maximum absolute atomic E-state index is 12.1. The molecular weight excluding hydrogens is 395 g/mol. The van der Waals surface area contributed by atoms with Crippen LogP contribution in [0, 0.1) is 0 Å². The first-order chi connectivity index (χ1) is 10.7. The van der Waals surface area contributed by atoms with E-state index in [9.17, 15) is 22.0 Å². The number of benzene rings is 1. The van der Waals surface area contributed by atoms with Gasteiger partial charge in [-0.15, -0.1) is 11.3 Å². The van der Waals surface area contributed by atoms with Gasteiger partial charge in [0.2, 0.25) is 0 Å². The van der Waals surface area contributed by atoms with Gasteiger partial charge in [0.15, 0.2) is 0 Å². The normalized spacial score (nSPS) is 11.5. The lowest BCUT2D eigenvalue weighted by atomic mass is 10.2. The van der Waals surface area contributed by atoms with E-state index in [4.69, 9.17) is 23.2 Å². The van der Waals surface area contributed by atoms with E-state index in [-0.39, 0.29) is 24.9 Å². The zero-order chi connectivity index (χ0) is 17.2. The van der Waals surface area contributed by atoms with Gasteiger partial charge < -0.3 is 4.74 Å². The molecule has 0 saturated carbocycles. The van der Waals surface area contributed by atoms with E-state index in [2.05, 4.69) is 4.74 Å². The Hall–Kier alpha value is -1.42. The smallest absolute Gasteiger partial charge is 0.387 e. The Labute approximate surface area is 143 Å². The molecule has 0 aliphatic carbocycles. The van der Waals surface area contributed by atoms with Crippen LogP contribution < -0.4 is 9.46 Å². The maximum Gasteiger partial charge on any atom is 0.387 e. The number of nitrogens with one attached hydrogen (secondary N) is 1. The zero-order valence-electron chi connectivity index (χ0n) is 10.9. The van der Waals surface area contributed by atoms with Crippen molar-refractivity contribution in [2.75, 3.05) is 0 Å². The Morgan fingerprint density at radius 2 is 1.83 bits per heavy atom. The van der Waals surface area contributed by atoms with Crippen LogP contribution in [0.1, 0.15) is 10.4 Å². The Morgan fingerprint density at radius 1 is 1.22 bits per heavy atom. The van der Waals surface area contributed by atoms with Crippen molar-refractivity contribution in [2.45, 2.75) is 11.5 Å². The number of carbonyl (C=O) groups is 1. The second kappa shape index (κ2) is 7.00.